The fourth-order valence-electron chi connectivity index (χ4n) is 3.74. The van der Waals surface area contributed by atoms with E-state index in [4.69, 9.17) is 16.3 Å². The lowest BCUT2D eigenvalue weighted by Crippen LogP contribution is -2.37. The summed E-state index contributed by atoms with van der Waals surface area (Å²) in [6, 6.07) is 11.9. The molecule has 0 bridgehead atoms. The number of anilines is 2. The van der Waals surface area contributed by atoms with Crippen molar-refractivity contribution in [2.24, 2.45) is 5.92 Å². The maximum Gasteiger partial charge on any atom is 0.243 e. The number of nitrogens with one attached hydrogen (secondary N) is 1. The zero-order valence-electron chi connectivity index (χ0n) is 19.5. The molecule has 1 amide bonds. The molecule has 0 aliphatic carbocycles. The fraction of sp³-hybridized carbons (Fsp3) is 0.458. The summed E-state index contributed by atoms with van der Waals surface area (Å²) in [5, 5.41) is 3.27. The molecule has 2 aromatic carbocycles. The van der Waals surface area contributed by atoms with E-state index in [1.165, 1.54) is 10.4 Å². The van der Waals surface area contributed by atoms with Crippen LogP contribution in [-0.4, -0.2) is 52.0 Å². The van der Waals surface area contributed by atoms with Gasteiger partial charge in [-0.2, -0.15) is 4.31 Å². The molecule has 1 saturated heterocycles. The maximum absolute atomic E-state index is 13.6. The van der Waals surface area contributed by atoms with Gasteiger partial charge in [0.15, 0.2) is 0 Å². The van der Waals surface area contributed by atoms with Crippen molar-refractivity contribution in [2.45, 2.75) is 44.2 Å². The van der Waals surface area contributed by atoms with E-state index in [1.807, 2.05) is 51.0 Å². The van der Waals surface area contributed by atoms with Gasteiger partial charge < -0.3 is 15.0 Å². The van der Waals surface area contributed by atoms with Gasteiger partial charge in [-0.3, -0.25) is 4.79 Å². The molecule has 3 rings (SSSR count). The first kappa shape index (κ1) is 25.5. The third-order valence-corrected chi connectivity index (χ3v) is 7.61. The van der Waals surface area contributed by atoms with Crippen molar-refractivity contribution in [3.05, 3.63) is 53.1 Å². The first-order valence-corrected chi connectivity index (χ1v) is 12.9. The van der Waals surface area contributed by atoms with Gasteiger partial charge in [0.05, 0.1) is 11.0 Å². The second kappa shape index (κ2) is 10.9. The minimum atomic E-state index is -3.84. The number of amides is 1. The van der Waals surface area contributed by atoms with Crippen LogP contribution in [0.2, 0.25) is 5.02 Å². The number of benzene rings is 2. The van der Waals surface area contributed by atoms with Gasteiger partial charge in [-0.15, -0.1) is 0 Å². The van der Waals surface area contributed by atoms with E-state index in [2.05, 4.69) is 5.32 Å². The summed E-state index contributed by atoms with van der Waals surface area (Å²) >= 11 is 6.09. The zero-order chi connectivity index (χ0) is 24.2. The number of sulfonamides is 1. The molecule has 180 valence electrons. The van der Waals surface area contributed by atoms with Crippen molar-refractivity contribution in [3.8, 4) is 0 Å². The van der Waals surface area contributed by atoms with Crippen LogP contribution in [0.15, 0.2) is 47.4 Å². The quantitative estimate of drug-likeness (QED) is 0.561. The Kier molecular flexibility index (Phi) is 8.39. The molecule has 7 nitrogen and oxygen atoms in total. The molecule has 1 N–H and O–H groups in total. The van der Waals surface area contributed by atoms with E-state index >= 15 is 0 Å². The molecule has 33 heavy (non-hydrogen) atoms. The predicted octanol–water partition coefficient (Wildman–Crippen LogP) is 4.37. The van der Waals surface area contributed by atoms with Crippen LogP contribution in [0.3, 0.4) is 0 Å². The van der Waals surface area contributed by atoms with Gasteiger partial charge in [-0.05, 0) is 54.8 Å². The summed E-state index contributed by atoms with van der Waals surface area (Å²) in [5.41, 5.74) is 2.29. The van der Waals surface area contributed by atoms with Crippen molar-refractivity contribution in [2.75, 3.05) is 37.5 Å². The van der Waals surface area contributed by atoms with E-state index in [0.717, 1.165) is 24.1 Å². The SMILES string of the molecule is CC(C)C(=O)Nc1ccc(N(C)C)c(CN(C[C@H]2CCCO2)S(=O)(=O)c2cccc(Cl)c2)c1. The number of carbonyl (C=O) groups excluding carboxylic acids is 1. The molecule has 1 heterocycles. The van der Waals surface area contributed by atoms with Gasteiger partial charge in [0.2, 0.25) is 15.9 Å². The summed E-state index contributed by atoms with van der Waals surface area (Å²) in [5.74, 6) is -0.262. The summed E-state index contributed by atoms with van der Waals surface area (Å²) < 4.78 is 34.5. The van der Waals surface area contributed by atoms with Crippen molar-refractivity contribution in [1.82, 2.24) is 4.31 Å². The highest BCUT2D eigenvalue weighted by molar-refractivity contribution is 7.89. The van der Waals surface area contributed by atoms with Crippen molar-refractivity contribution < 1.29 is 17.9 Å². The van der Waals surface area contributed by atoms with Crippen LogP contribution in [0.4, 0.5) is 11.4 Å². The maximum atomic E-state index is 13.6. The minimum absolute atomic E-state index is 0.0960. The van der Waals surface area contributed by atoms with E-state index in [0.29, 0.717) is 17.3 Å². The first-order valence-electron chi connectivity index (χ1n) is 11.1. The van der Waals surface area contributed by atoms with Crippen LogP contribution in [-0.2, 0) is 26.1 Å². The van der Waals surface area contributed by atoms with E-state index < -0.39 is 10.0 Å². The monoisotopic (exact) mass is 493 g/mol. The molecule has 9 heteroatoms. The molecule has 0 saturated carbocycles. The Morgan fingerprint density at radius 3 is 2.58 bits per heavy atom. The second-order valence-corrected chi connectivity index (χ2v) is 11.1. The smallest absolute Gasteiger partial charge is 0.243 e. The van der Waals surface area contributed by atoms with Crippen LogP contribution in [0, 0.1) is 5.92 Å². The van der Waals surface area contributed by atoms with Gasteiger partial charge in [-0.25, -0.2) is 8.42 Å². The topological polar surface area (TPSA) is 79.0 Å². The number of nitrogens with zero attached hydrogens (tertiary/aromatic N) is 2. The van der Waals surface area contributed by atoms with E-state index in [-0.39, 0.29) is 35.9 Å². The third kappa shape index (κ3) is 6.47. The van der Waals surface area contributed by atoms with Crippen molar-refractivity contribution >= 4 is 38.9 Å². The van der Waals surface area contributed by atoms with E-state index in [1.54, 1.807) is 18.2 Å². The van der Waals surface area contributed by atoms with E-state index in [9.17, 15) is 13.2 Å². The second-order valence-electron chi connectivity index (χ2n) is 8.77. The highest BCUT2D eigenvalue weighted by atomic mass is 35.5. The summed E-state index contributed by atoms with van der Waals surface area (Å²) in [6.45, 7) is 4.66. The molecular weight excluding hydrogens is 462 g/mol. The fourth-order valence-corrected chi connectivity index (χ4v) is 5.49. The van der Waals surface area contributed by atoms with Crippen molar-refractivity contribution in [3.63, 3.8) is 0 Å². The molecular formula is C24H32ClN3O4S. The van der Waals surface area contributed by atoms with Gasteiger partial charge in [0.1, 0.15) is 0 Å². The standard InChI is InChI=1S/C24H32ClN3O4S/c1-17(2)24(29)26-20-10-11-23(27(3)4)18(13-20)15-28(16-21-8-6-12-32-21)33(30,31)22-9-5-7-19(25)14-22/h5,7,9-11,13-14,17,21H,6,8,12,15-16H2,1-4H3,(H,26,29)/t21-/m1/s1. The molecule has 0 radical (unpaired) electrons. The van der Waals surface area contributed by atoms with Crippen LogP contribution < -0.4 is 10.2 Å². The Balaban J connectivity index is 1.99. The lowest BCUT2D eigenvalue weighted by molar-refractivity contribution is -0.118. The number of halogens is 1. The molecule has 0 unspecified atom stereocenters. The summed E-state index contributed by atoms with van der Waals surface area (Å²) in [7, 11) is -0.0303. The Hall–Kier alpha value is -2.13. The molecule has 1 atom stereocenters. The lowest BCUT2D eigenvalue weighted by atomic mass is 10.1. The van der Waals surface area contributed by atoms with Crippen LogP contribution in [0.25, 0.3) is 0 Å². The Labute approximate surface area is 201 Å². The normalized spacial score (nSPS) is 16.4. The number of rotatable bonds is 9. The molecule has 2 aromatic rings. The molecule has 1 aliphatic heterocycles. The highest BCUT2D eigenvalue weighted by Gasteiger charge is 2.30. The van der Waals surface area contributed by atoms with Crippen LogP contribution in [0.5, 0.6) is 0 Å². The number of hydrogen-bond acceptors (Lipinski definition) is 5. The number of ether oxygens (including phenoxy) is 1. The highest BCUT2D eigenvalue weighted by Crippen LogP contribution is 2.29. The van der Waals surface area contributed by atoms with Gasteiger partial charge in [0.25, 0.3) is 0 Å². The molecule has 1 aliphatic rings. The average Bonchev–Trinajstić information content (AvgIpc) is 3.26. The Bertz CT molecular complexity index is 1080. The number of carbonyl (C=O) groups is 1. The summed E-state index contributed by atoms with van der Waals surface area (Å²) in [6.07, 6.45) is 1.56. The predicted molar refractivity (Wildman–Crippen MR) is 132 cm³/mol. The lowest BCUT2D eigenvalue weighted by Gasteiger charge is -2.27. The van der Waals surface area contributed by atoms with Crippen LogP contribution >= 0.6 is 11.6 Å². The summed E-state index contributed by atoms with van der Waals surface area (Å²) in [4.78, 5) is 14.3. The van der Waals surface area contributed by atoms with Gasteiger partial charge in [0, 0.05) is 56.1 Å². The van der Waals surface area contributed by atoms with Crippen LogP contribution in [0.1, 0.15) is 32.3 Å². The Morgan fingerprint density at radius 2 is 1.97 bits per heavy atom. The largest absolute Gasteiger partial charge is 0.377 e. The van der Waals surface area contributed by atoms with Crippen molar-refractivity contribution in [1.29, 1.82) is 0 Å². The zero-order valence-corrected chi connectivity index (χ0v) is 21.1. The number of hydrogen-bond donors (Lipinski definition) is 1. The molecule has 0 spiro atoms. The average molecular weight is 494 g/mol. The minimum Gasteiger partial charge on any atom is -0.377 e. The Morgan fingerprint density at radius 1 is 1.21 bits per heavy atom. The first-order chi connectivity index (χ1) is 15.6. The van der Waals surface area contributed by atoms with Gasteiger partial charge in [-0.1, -0.05) is 31.5 Å². The van der Waals surface area contributed by atoms with Gasteiger partial charge >= 0.3 is 0 Å². The molecule has 1 fully saturated rings. The third-order valence-electron chi connectivity index (χ3n) is 5.57. The molecule has 0 aromatic heterocycles.